The molecule has 2 N–H and O–H groups in total. The molecule has 0 heterocycles. The van der Waals surface area contributed by atoms with Crippen molar-refractivity contribution in [2.24, 2.45) is 0 Å². The maximum atomic E-state index is 13.4. The summed E-state index contributed by atoms with van der Waals surface area (Å²) < 4.78 is 31.7. The molecule has 0 atom stereocenters. The lowest BCUT2D eigenvalue weighted by Gasteiger charge is -2.09. The summed E-state index contributed by atoms with van der Waals surface area (Å²) in [5.74, 6) is -2.22. The average Bonchev–Trinajstić information content (AvgIpc) is 2.41. The third-order valence-corrected chi connectivity index (χ3v) is 2.95. The highest BCUT2D eigenvalue weighted by atomic mass is 19.1. The topological polar surface area (TPSA) is 52.3 Å². The summed E-state index contributed by atoms with van der Waals surface area (Å²) in [7, 11) is 0. The summed E-state index contributed by atoms with van der Waals surface area (Å²) in [6, 6.07) is 8.37. The summed E-state index contributed by atoms with van der Waals surface area (Å²) >= 11 is 0. The van der Waals surface area contributed by atoms with Gasteiger partial charge in [0, 0.05) is 5.69 Å². The van der Waals surface area contributed by atoms with Gasteiger partial charge in [0.25, 0.3) is 0 Å². The molecule has 0 spiro atoms. The molecule has 0 aliphatic carbocycles. The van der Waals surface area contributed by atoms with Crippen molar-refractivity contribution in [1.82, 2.24) is 0 Å². The molecule has 0 aromatic heterocycles. The molecule has 2 rings (SSSR count). The third-order valence-electron chi connectivity index (χ3n) is 2.95. The Labute approximate surface area is 115 Å². The Bertz CT molecular complexity index is 636. The number of carbonyl (C=O) groups is 1. The number of carbonyl (C=O) groups excluding carboxylic acids is 1. The molecule has 2 aromatic carbocycles. The van der Waals surface area contributed by atoms with Crippen molar-refractivity contribution >= 4 is 11.7 Å². The zero-order valence-electron chi connectivity index (χ0n) is 10.8. The van der Waals surface area contributed by atoms with E-state index in [1.807, 2.05) is 0 Å². The lowest BCUT2D eigenvalue weighted by molar-refractivity contribution is 0.0466. The molecule has 0 bridgehead atoms. The van der Waals surface area contributed by atoms with E-state index in [9.17, 15) is 13.6 Å². The largest absolute Gasteiger partial charge is 0.457 e. The summed E-state index contributed by atoms with van der Waals surface area (Å²) in [5, 5.41) is 0. The standard InChI is InChI=1S/C15H13F2NO2/c1-9-4-2-5-10(14(9)18)15(19)20-8-11-12(16)6-3-7-13(11)17/h2-7H,8,18H2,1H3. The van der Waals surface area contributed by atoms with Crippen LogP contribution in [0.3, 0.4) is 0 Å². The van der Waals surface area contributed by atoms with E-state index in [1.54, 1.807) is 19.1 Å². The van der Waals surface area contributed by atoms with E-state index in [0.29, 0.717) is 5.69 Å². The van der Waals surface area contributed by atoms with E-state index < -0.39 is 24.2 Å². The molecule has 104 valence electrons. The number of para-hydroxylation sites is 1. The fraction of sp³-hybridized carbons (Fsp3) is 0.133. The van der Waals surface area contributed by atoms with Gasteiger partial charge in [-0.15, -0.1) is 0 Å². The summed E-state index contributed by atoms with van der Waals surface area (Å²) in [5.41, 5.74) is 6.69. The molecule has 3 nitrogen and oxygen atoms in total. The van der Waals surface area contributed by atoms with E-state index in [4.69, 9.17) is 10.5 Å². The predicted octanol–water partition coefficient (Wildman–Crippen LogP) is 3.21. The van der Waals surface area contributed by atoms with E-state index in [1.165, 1.54) is 12.1 Å². The molecule has 5 heteroatoms. The number of benzene rings is 2. The number of nitrogens with two attached hydrogens (primary N) is 1. The van der Waals surface area contributed by atoms with Gasteiger partial charge >= 0.3 is 5.97 Å². The van der Waals surface area contributed by atoms with Crippen molar-refractivity contribution in [2.75, 3.05) is 5.73 Å². The molecule has 0 saturated carbocycles. The molecule has 0 aliphatic rings. The lowest BCUT2D eigenvalue weighted by atomic mass is 10.1. The predicted molar refractivity (Wildman–Crippen MR) is 71.1 cm³/mol. The van der Waals surface area contributed by atoms with E-state index in [2.05, 4.69) is 0 Å². The quantitative estimate of drug-likeness (QED) is 0.692. The molecule has 0 unspecified atom stereocenters. The van der Waals surface area contributed by atoms with Crippen molar-refractivity contribution in [3.05, 3.63) is 64.7 Å². The molecule has 20 heavy (non-hydrogen) atoms. The van der Waals surface area contributed by atoms with Gasteiger partial charge in [0.2, 0.25) is 0 Å². The van der Waals surface area contributed by atoms with Crippen LogP contribution in [0.1, 0.15) is 21.5 Å². The zero-order valence-corrected chi connectivity index (χ0v) is 10.8. The normalized spacial score (nSPS) is 10.3. The maximum Gasteiger partial charge on any atom is 0.340 e. The monoisotopic (exact) mass is 277 g/mol. The van der Waals surface area contributed by atoms with Crippen LogP contribution < -0.4 is 5.73 Å². The Morgan fingerprint density at radius 2 is 1.75 bits per heavy atom. The van der Waals surface area contributed by atoms with Gasteiger partial charge in [-0.05, 0) is 30.7 Å². The second kappa shape index (κ2) is 5.69. The zero-order chi connectivity index (χ0) is 14.7. The molecule has 0 radical (unpaired) electrons. The van der Waals surface area contributed by atoms with Gasteiger partial charge in [0.05, 0.1) is 11.1 Å². The van der Waals surface area contributed by atoms with Crippen LogP contribution in [0.5, 0.6) is 0 Å². The van der Waals surface area contributed by atoms with Crippen molar-refractivity contribution in [3.8, 4) is 0 Å². The van der Waals surface area contributed by atoms with Crippen LogP contribution in [0.4, 0.5) is 14.5 Å². The highest BCUT2D eigenvalue weighted by molar-refractivity contribution is 5.95. The molecule has 0 aliphatic heterocycles. The van der Waals surface area contributed by atoms with Crippen LogP contribution in [0.25, 0.3) is 0 Å². The number of halogens is 2. The number of rotatable bonds is 3. The molecule has 0 amide bonds. The summed E-state index contributed by atoms with van der Waals surface area (Å²) in [4.78, 5) is 11.9. The van der Waals surface area contributed by atoms with Crippen LogP contribution in [-0.4, -0.2) is 5.97 Å². The average molecular weight is 277 g/mol. The molecule has 0 fully saturated rings. The van der Waals surface area contributed by atoms with E-state index >= 15 is 0 Å². The number of anilines is 1. The minimum Gasteiger partial charge on any atom is -0.457 e. The second-order valence-electron chi connectivity index (χ2n) is 4.31. The molecule has 0 saturated heterocycles. The summed E-state index contributed by atoms with van der Waals surface area (Å²) in [6.07, 6.45) is 0. The first kappa shape index (κ1) is 14.0. The van der Waals surface area contributed by atoms with Crippen molar-refractivity contribution < 1.29 is 18.3 Å². The summed E-state index contributed by atoms with van der Waals surface area (Å²) in [6.45, 7) is 1.27. The van der Waals surface area contributed by atoms with Crippen LogP contribution in [-0.2, 0) is 11.3 Å². The Hall–Kier alpha value is -2.43. The van der Waals surface area contributed by atoms with Crippen molar-refractivity contribution in [1.29, 1.82) is 0 Å². The Morgan fingerprint density at radius 3 is 2.40 bits per heavy atom. The van der Waals surface area contributed by atoms with Crippen LogP contribution in [0.2, 0.25) is 0 Å². The number of esters is 1. The van der Waals surface area contributed by atoms with Crippen LogP contribution >= 0.6 is 0 Å². The minimum absolute atomic E-state index is 0.182. The second-order valence-corrected chi connectivity index (χ2v) is 4.31. The Kier molecular flexibility index (Phi) is 3.98. The van der Waals surface area contributed by atoms with Crippen LogP contribution in [0.15, 0.2) is 36.4 Å². The Morgan fingerprint density at radius 1 is 1.15 bits per heavy atom. The number of aryl methyl sites for hydroxylation is 1. The number of nitrogen functional groups attached to an aromatic ring is 1. The van der Waals surface area contributed by atoms with Gasteiger partial charge in [0.1, 0.15) is 18.2 Å². The van der Waals surface area contributed by atoms with Crippen molar-refractivity contribution in [3.63, 3.8) is 0 Å². The van der Waals surface area contributed by atoms with Crippen molar-refractivity contribution in [2.45, 2.75) is 13.5 Å². The first-order valence-corrected chi connectivity index (χ1v) is 5.96. The van der Waals surface area contributed by atoms with Gasteiger partial charge in [0.15, 0.2) is 0 Å². The van der Waals surface area contributed by atoms with Gasteiger partial charge in [-0.25, -0.2) is 13.6 Å². The van der Waals surface area contributed by atoms with Crippen LogP contribution in [0, 0.1) is 18.6 Å². The highest BCUT2D eigenvalue weighted by Gasteiger charge is 2.15. The molecular formula is C15H13F2NO2. The SMILES string of the molecule is Cc1cccc(C(=O)OCc2c(F)cccc2F)c1N. The highest BCUT2D eigenvalue weighted by Crippen LogP contribution is 2.19. The number of hydrogen-bond donors (Lipinski definition) is 1. The van der Waals surface area contributed by atoms with E-state index in [0.717, 1.165) is 17.7 Å². The smallest absolute Gasteiger partial charge is 0.340 e. The van der Waals surface area contributed by atoms with Gasteiger partial charge in [-0.3, -0.25) is 0 Å². The molecular weight excluding hydrogens is 264 g/mol. The molecule has 2 aromatic rings. The van der Waals surface area contributed by atoms with Gasteiger partial charge < -0.3 is 10.5 Å². The fourth-order valence-electron chi connectivity index (χ4n) is 1.74. The van der Waals surface area contributed by atoms with Gasteiger partial charge in [-0.1, -0.05) is 18.2 Å². The maximum absolute atomic E-state index is 13.4. The number of ether oxygens (including phenoxy) is 1. The minimum atomic E-state index is -0.755. The first-order chi connectivity index (χ1) is 9.50. The number of hydrogen-bond acceptors (Lipinski definition) is 3. The van der Waals surface area contributed by atoms with Gasteiger partial charge in [-0.2, -0.15) is 0 Å². The Balaban J connectivity index is 2.15. The van der Waals surface area contributed by atoms with E-state index in [-0.39, 0.29) is 11.1 Å². The first-order valence-electron chi connectivity index (χ1n) is 5.96. The lowest BCUT2D eigenvalue weighted by Crippen LogP contribution is -2.10. The fourth-order valence-corrected chi connectivity index (χ4v) is 1.74. The third kappa shape index (κ3) is 2.77.